The molecule has 9 heteroatoms. The van der Waals surface area contributed by atoms with Crippen LogP contribution >= 0.6 is 0 Å². The number of carbonyl (C=O) groups is 3. The van der Waals surface area contributed by atoms with Crippen molar-refractivity contribution in [1.82, 2.24) is 5.32 Å². The van der Waals surface area contributed by atoms with Crippen molar-refractivity contribution in [2.45, 2.75) is 39.0 Å². The number of nitrogens with one attached hydrogen (secondary N) is 1. The number of methoxy groups -OCH3 is 3. The van der Waals surface area contributed by atoms with Gasteiger partial charge in [0.15, 0.2) is 17.3 Å². The fourth-order valence-corrected chi connectivity index (χ4v) is 5.57. The summed E-state index contributed by atoms with van der Waals surface area (Å²) in [6, 6.07) is 12.6. The molecule has 40 heavy (non-hydrogen) atoms. The van der Waals surface area contributed by atoms with E-state index >= 15 is 0 Å². The summed E-state index contributed by atoms with van der Waals surface area (Å²) >= 11 is 0. The number of ketones is 1. The van der Waals surface area contributed by atoms with Crippen molar-refractivity contribution in [3.8, 4) is 17.2 Å². The van der Waals surface area contributed by atoms with Crippen LogP contribution in [0.2, 0.25) is 0 Å². The Bertz CT molecular complexity index is 1380. The molecule has 2 aromatic carbocycles. The van der Waals surface area contributed by atoms with Gasteiger partial charge in [-0.05, 0) is 62.6 Å². The summed E-state index contributed by atoms with van der Waals surface area (Å²) in [5.41, 5.74) is 3.25. The molecule has 4 rings (SSSR count). The summed E-state index contributed by atoms with van der Waals surface area (Å²) in [4.78, 5) is 41.1. The predicted molar refractivity (Wildman–Crippen MR) is 147 cm³/mol. The highest BCUT2D eigenvalue weighted by Crippen LogP contribution is 2.49. The minimum atomic E-state index is -1.11. The van der Waals surface area contributed by atoms with E-state index in [-0.39, 0.29) is 13.2 Å². The lowest BCUT2D eigenvalue weighted by Gasteiger charge is -2.39. The smallest absolute Gasteiger partial charge is 0.336 e. The van der Waals surface area contributed by atoms with Crippen LogP contribution in [0.4, 0.5) is 0 Å². The van der Waals surface area contributed by atoms with Crippen LogP contribution < -0.4 is 19.5 Å². The fraction of sp³-hybridized carbons (Fsp3) is 0.387. The zero-order valence-corrected chi connectivity index (χ0v) is 23.7. The van der Waals surface area contributed by atoms with E-state index in [1.54, 1.807) is 46.1 Å². The molecular weight excluding hydrogens is 514 g/mol. The maximum Gasteiger partial charge on any atom is 0.336 e. The zero-order valence-electron chi connectivity index (χ0n) is 23.7. The zero-order chi connectivity index (χ0) is 29.0. The summed E-state index contributed by atoms with van der Waals surface area (Å²) in [5.74, 6) is -2.41. The number of carbonyl (C=O) groups excluding carboxylic acids is 3. The van der Waals surface area contributed by atoms with Crippen LogP contribution in [-0.2, 0) is 23.9 Å². The van der Waals surface area contributed by atoms with Gasteiger partial charge >= 0.3 is 11.9 Å². The molecule has 1 aliphatic carbocycles. The third-order valence-corrected chi connectivity index (χ3v) is 7.32. The molecule has 2 aliphatic rings. The molecule has 9 nitrogen and oxygen atoms in total. The van der Waals surface area contributed by atoms with Crippen molar-refractivity contribution >= 4 is 17.7 Å². The molecule has 0 bridgehead atoms. The van der Waals surface area contributed by atoms with Crippen LogP contribution in [-0.4, -0.2) is 52.3 Å². The minimum absolute atomic E-state index is 0.129. The number of ether oxygens (including phenoxy) is 5. The quantitative estimate of drug-likeness (QED) is 0.359. The molecule has 0 unspecified atom stereocenters. The molecule has 2 aromatic rings. The lowest BCUT2D eigenvalue weighted by molar-refractivity contribution is -0.152. The highest BCUT2D eigenvalue weighted by Gasteiger charge is 2.49. The molecule has 0 saturated heterocycles. The van der Waals surface area contributed by atoms with Gasteiger partial charge in [0.25, 0.3) is 0 Å². The first kappa shape index (κ1) is 28.7. The Morgan fingerprint density at radius 1 is 0.900 bits per heavy atom. The lowest BCUT2D eigenvalue weighted by Crippen LogP contribution is -2.43. The third kappa shape index (κ3) is 5.28. The number of hydrogen-bond donors (Lipinski definition) is 1. The average Bonchev–Trinajstić information content (AvgIpc) is 2.96. The van der Waals surface area contributed by atoms with Crippen LogP contribution in [0.3, 0.4) is 0 Å². The van der Waals surface area contributed by atoms with Crippen LogP contribution in [0, 0.1) is 5.92 Å². The first-order valence-corrected chi connectivity index (χ1v) is 13.2. The van der Waals surface area contributed by atoms with Gasteiger partial charge in [0.1, 0.15) is 11.7 Å². The molecule has 0 spiro atoms. The summed E-state index contributed by atoms with van der Waals surface area (Å²) in [6.07, 6.45) is 0.342. The topological polar surface area (TPSA) is 109 Å². The second-order valence-electron chi connectivity index (χ2n) is 9.51. The van der Waals surface area contributed by atoms with Gasteiger partial charge in [-0.1, -0.05) is 18.2 Å². The first-order chi connectivity index (χ1) is 19.3. The number of hydrogen-bond acceptors (Lipinski definition) is 9. The van der Waals surface area contributed by atoms with Crippen molar-refractivity contribution in [2.24, 2.45) is 5.92 Å². The Morgan fingerprint density at radius 2 is 1.62 bits per heavy atom. The van der Waals surface area contributed by atoms with Crippen molar-refractivity contribution in [3.63, 3.8) is 0 Å². The second-order valence-corrected chi connectivity index (χ2v) is 9.51. The monoisotopic (exact) mass is 549 g/mol. The summed E-state index contributed by atoms with van der Waals surface area (Å²) in [7, 11) is 4.61. The Balaban J connectivity index is 1.93. The number of esters is 2. The van der Waals surface area contributed by atoms with Gasteiger partial charge in [0, 0.05) is 28.8 Å². The van der Waals surface area contributed by atoms with E-state index in [1.807, 2.05) is 24.3 Å². The van der Waals surface area contributed by atoms with Gasteiger partial charge in [0.05, 0.1) is 40.1 Å². The Morgan fingerprint density at radius 3 is 2.27 bits per heavy atom. The van der Waals surface area contributed by atoms with Gasteiger partial charge in [-0.15, -0.1) is 0 Å². The van der Waals surface area contributed by atoms with Gasteiger partial charge < -0.3 is 29.0 Å². The second kappa shape index (κ2) is 12.3. The highest BCUT2D eigenvalue weighted by atomic mass is 16.5. The van der Waals surface area contributed by atoms with E-state index in [4.69, 9.17) is 23.7 Å². The van der Waals surface area contributed by atoms with Crippen molar-refractivity contribution < 1.29 is 38.1 Å². The molecule has 1 aliphatic heterocycles. The Kier molecular flexibility index (Phi) is 8.82. The van der Waals surface area contributed by atoms with Gasteiger partial charge in [-0.2, -0.15) is 0 Å². The summed E-state index contributed by atoms with van der Waals surface area (Å²) in [6.45, 7) is 5.50. The van der Waals surface area contributed by atoms with E-state index in [1.165, 1.54) is 14.2 Å². The predicted octanol–water partition coefficient (Wildman–Crippen LogP) is 4.43. The molecule has 0 aromatic heterocycles. The summed E-state index contributed by atoms with van der Waals surface area (Å²) < 4.78 is 27.2. The summed E-state index contributed by atoms with van der Waals surface area (Å²) in [5, 5.41) is 3.31. The Hall–Kier alpha value is -4.27. The van der Waals surface area contributed by atoms with Crippen molar-refractivity contribution in [1.29, 1.82) is 0 Å². The van der Waals surface area contributed by atoms with Crippen molar-refractivity contribution in [3.05, 3.63) is 76.1 Å². The molecule has 1 N–H and O–H groups in total. The van der Waals surface area contributed by atoms with Crippen molar-refractivity contribution in [2.75, 3.05) is 34.5 Å². The molecular formula is C31H35NO8. The van der Waals surface area contributed by atoms with Crippen LogP contribution in [0.5, 0.6) is 17.2 Å². The molecule has 0 amide bonds. The third-order valence-electron chi connectivity index (χ3n) is 7.32. The van der Waals surface area contributed by atoms with E-state index < -0.39 is 35.5 Å². The van der Waals surface area contributed by atoms with E-state index in [0.29, 0.717) is 51.8 Å². The molecule has 212 valence electrons. The molecule has 1 heterocycles. The van der Waals surface area contributed by atoms with Gasteiger partial charge in [0.2, 0.25) is 0 Å². The average molecular weight is 550 g/mol. The Labute approximate surface area is 234 Å². The van der Waals surface area contributed by atoms with Gasteiger partial charge in [-0.3, -0.25) is 9.59 Å². The van der Waals surface area contributed by atoms with Gasteiger partial charge in [-0.25, -0.2) is 4.79 Å². The standard InChI is InChI=1S/C31H35NO8/c1-7-39-30(34)25-17(3)32-22-16-21(18-10-9-11-20(14-18)36-4)27(31(35)40-8-2)29(33)28(22)26(25)19-12-13-23(37-5)24(15-19)38-6/h9-15,21,26-27,32H,7-8,16H2,1-6H3/t21-,26+,27-/m0/s1. The molecule has 3 atom stereocenters. The number of allylic oxidation sites excluding steroid dienone is 3. The van der Waals surface area contributed by atoms with Crippen LogP contribution in [0.25, 0.3) is 0 Å². The maximum absolute atomic E-state index is 14.4. The van der Waals surface area contributed by atoms with E-state index in [2.05, 4.69) is 5.32 Å². The normalized spacial score (nSPS) is 20.4. The fourth-order valence-electron chi connectivity index (χ4n) is 5.57. The van der Waals surface area contributed by atoms with Crippen LogP contribution in [0.15, 0.2) is 65.0 Å². The van der Waals surface area contributed by atoms with E-state index in [9.17, 15) is 14.4 Å². The first-order valence-electron chi connectivity index (χ1n) is 13.2. The SMILES string of the molecule is CCOC(=O)C1=C(C)NC2=C(C(=O)[C@@H](C(=O)OCC)[C@H](c3cccc(OC)c3)C2)[C@@H]1c1ccc(OC)c(OC)c1. The molecule has 0 fully saturated rings. The maximum atomic E-state index is 14.4. The minimum Gasteiger partial charge on any atom is -0.497 e. The highest BCUT2D eigenvalue weighted by molar-refractivity contribution is 6.13. The van der Waals surface area contributed by atoms with E-state index in [0.717, 1.165) is 5.56 Å². The number of rotatable bonds is 9. The number of Topliss-reactive ketones (excluding diaryl/α,β-unsaturated/α-hetero) is 1. The largest absolute Gasteiger partial charge is 0.497 e. The van der Waals surface area contributed by atoms with Crippen LogP contribution in [0.1, 0.15) is 50.2 Å². The number of benzene rings is 2. The molecule has 0 radical (unpaired) electrons. The number of dihydropyridines is 1. The molecule has 0 saturated carbocycles. The lowest BCUT2D eigenvalue weighted by atomic mass is 9.67.